The Kier molecular flexibility index (Phi) is 5.17. The molecule has 0 aliphatic rings. The topological polar surface area (TPSA) is 67.8 Å². The molecule has 1 N–H and O–H groups in total. The quantitative estimate of drug-likeness (QED) is 0.676. The summed E-state index contributed by atoms with van der Waals surface area (Å²) in [5, 5.41) is 11.9. The van der Waals surface area contributed by atoms with Crippen molar-refractivity contribution in [2.45, 2.75) is 16.3 Å². The summed E-state index contributed by atoms with van der Waals surface area (Å²) in [5.74, 6) is 0.726. The number of thioether (sulfide) groups is 2. The number of hydrogen-bond acceptors (Lipinski definition) is 7. The Morgan fingerprint density at radius 2 is 2.32 bits per heavy atom. The average molecular weight is 312 g/mol. The number of amides is 1. The Balaban J connectivity index is 2.11. The molecule has 19 heavy (non-hydrogen) atoms. The van der Waals surface area contributed by atoms with Gasteiger partial charge in [-0.05, 0) is 24.1 Å². The first-order chi connectivity index (χ1) is 9.24. The molecule has 0 saturated carbocycles. The summed E-state index contributed by atoms with van der Waals surface area (Å²) in [4.78, 5) is 16.3. The van der Waals surface area contributed by atoms with E-state index in [0.717, 1.165) is 10.1 Å². The molecule has 0 atom stereocenters. The molecule has 0 aliphatic carbocycles. The highest BCUT2D eigenvalue weighted by atomic mass is 32.2. The van der Waals surface area contributed by atoms with Crippen LogP contribution in [0.4, 0.5) is 5.13 Å². The minimum Gasteiger partial charge on any atom is -0.296 e. The first-order valence-corrected chi connectivity index (χ1v) is 8.54. The van der Waals surface area contributed by atoms with Crippen molar-refractivity contribution in [1.29, 1.82) is 0 Å². The molecule has 0 saturated heterocycles. The van der Waals surface area contributed by atoms with Gasteiger partial charge in [0.05, 0.1) is 5.56 Å². The van der Waals surface area contributed by atoms with Crippen LogP contribution in [0.3, 0.4) is 0 Å². The number of aromatic nitrogens is 3. The third-order valence-corrected chi connectivity index (χ3v) is 4.67. The molecule has 2 aromatic rings. The Hall–Kier alpha value is -1.12. The zero-order chi connectivity index (χ0) is 13.7. The number of rotatable bonds is 5. The van der Waals surface area contributed by atoms with E-state index in [0.29, 0.717) is 15.7 Å². The lowest BCUT2D eigenvalue weighted by Gasteiger charge is -2.04. The van der Waals surface area contributed by atoms with Gasteiger partial charge in [-0.15, -0.1) is 22.0 Å². The van der Waals surface area contributed by atoms with Crippen molar-refractivity contribution in [3.05, 3.63) is 23.9 Å². The summed E-state index contributed by atoms with van der Waals surface area (Å²) in [6.07, 6.45) is 3.56. The van der Waals surface area contributed by atoms with E-state index >= 15 is 0 Å². The first-order valence-electron chi connectivity index (χ1n) is 5.51. The minimum absolute atomic E-state index is 0.207. The molecule has 0 radical (unpaired) electrons. The van der Waals surface area contributed by atoms with E-state index in [-0.39, 0.29) is 5.91 Å². The molecule has 0 unspecified atom stereocenters. The van der Waals surface area contributed by atoms with Crippen molar-refractivity contribution >= 4 is 45.9 Å². The lowest BCUT2D eigenvalue weighted by Crippen LogP contribution is -2.13. The Bertz CT molecular complexity index is 573. The van der Waals surface area contributed by atoms with Crippen molar-refractivity contribution in [2.75, 3.05) is 17.3 Å². The lowest BCUT2D eigenvalue weighted by atomic mass is 10.3. The minimum atomic E-state index is -0.207. The van der Waals surface area contributed by atoms with Crippen molar-refractivity contribution in [2.24, 2.45) is 0 Å². The Morgan fingerprint density at radius 1 is 1.47 bits per heavy atom. The number of pyridine rings is 1. The summed E-state index contributed by atoms with van der Waals surface area (Å²) in [5.41, 5.74) is 0.551. The van der Waals surface area contributed by atoms with Crippen LogP contribution in [0.2, 0.25) is 0 Å². The Morgan fingerprint density at radius 3 is 3.05 bits per heavy atom. The van der Waals surface area contributed by atoms with Crippen LogP contribution in [-0.2, 0) is 0 Å². The highest BCUT2D eigenvalue weighted by molar-refractivity contribution is 8.01. The molecule has 2 aromatic heterocycles. The van der Waals surface area contributed by atoms with E-state index < -0.39 is 0 Å². The highest BCUT2D eigenvalue weighted by Gasteiger charge is 2.14. The van der Waals surface area contributed by atoms with E-state index in [9.17, 15) is 4.79 Å². The van der Waals surface area contributed by atoms with Crippen LogP contribution in [0.5, 0.6) is 0 Å². The first kappa shape index (κ1) is 14.3. The molecule has 100 valence electrons. The van der Waals surface area contributed by atoms with Crippen molar-refractivity contribution in [3.8, 4) is 0 Å². The summed E-state index contributed by atoms with van der Waals surface area (Å²) >= 11 is 4.42. The van der Waals surface area contributed by atoms with Gasteiger partial charge in [0, 0.05) is 6.20 Å². The second kappa shape index (κ2) is 6.88. The number of nitrogens with one attached hydrogen (secondary N) is 1. The van der Waals surface area contributed by atoms with Crippen LogP contribution >= 0.6 is 34.9 Å². The fraction of sp³-hybridized carbons (Fsp3) is 0.273. The zero-order valence-electron chi connectivity index (χ0n) is 10.4. The number of anilines is 1. The van der Waals surface area contributed by atoms with Crippen molar-refractivity contribution in [3.63, 3.8) is 0 Å². The smallest absolute Gasteiger partial charge is 0.260 e. The maximum absolute atomic E-state index is 12.1. The van der Waals surface area contributed by atoms with Crippen molar-refractivity contribution < 1.29 is 4.79 Å². The number of hydrogen-bond donors (Lipinski definition) is 1. The van der Waals surface area contributed by atoms with Gasteiger partial charge in [0.25, 0.3) is 5.91 Å². The number of nitrogens with zero attached hydrogens (tertiary/aromatic N) is 3. The van der Waals surface area contributed by atoms with Gasteiger partial charge >= 0.3 is 0 Å². The van der Waals surface area contributed by atoms with Gasteiger partial charge in [-0.2, -0.15) is 0 Å². The van der Waals surface area contributed by atoms with Crippen LogP contribution in [0.25, 0.3) is 0 Å². The SMILES string of the molecule is CCSc1nnc(NC(=O)c2cccnc2SC)s1. The average Bonchev–Trinajstić information content (AvgIpc) is 2.86. The summed E-state index contributed by atoms with van der Waals surface area (Å²) in [6.45, 7) is 2.05. The molecule has 1 amide bonds. The van der Waals surface area contributed by atoms with Crippen LogP contribution in [-0.4, -0.2) is 33.1 Å². The normalized spacial score (nSPS) is 10.4. The van der Waals surface area contributed by atoms with Crippen LogP contribution in [0.1, 0.15) is 17.3 Å². The van der Waals surface area contributed by atoms with Crippen LogP contribution < -0.4 is 5.32 Å². The summed E-state index contributed by atoms with van der Waals surface area (Å²) in [6, 6.07) is 3.49. The molecular formula is C11H12N4OS3. The predicted octanol–water partition coefficient (Wildman–Crippen LogP) is 3.02. The molecular weight excluding hydrogens is 300 g/mol. The lowest BCUT2D eigenvalue weighted by molar-refractivity contribution is 0.102. The van der Waals surface area contributed by atoms with E-state index in [1.165, 1.54) is 23.1 Å². The molecule has 8 heteroatoms. The largest absolute Gasteiger partial charge is 0.296 e. The number of carbonyl (C=O) groups excluding carboxylic acids is 1. The van der Waals surface area contributed by atoms with Gasteiger partial charge < -0.3 is 0 Å². The fourth-order valence-electron chi connectivity index (χ4n) is 1.33. The zero-order valence-corrected chi connectivity index (χ0v) is 12.9. The molecule has 2 rings (SSSR count). The summed E-state index contributed by atoms with van der Waals surface area (Å²) < 4.78 is 0.856. The fourth-order valence-corrected chi connectivity index (χ4v) is 3.52. The maximum Gasteiger partial charge on any atom is 0.260 e. The molecule has 0 aromatic carbocycles. The van der Waals surface area contributed by atoms with Gasteiger partial charge in [0.15, 0.2) is 4.34 Å². The van der Waals surface area contributed by atoms with Gasteiger partial charge in [0.2, 0.25) is 5.13 Å². The molecule has 0 fully saturated rings. The number of carbonyl (C=O) groups is 1. The van der Waals surface area contributed by atoms with Crippen molar-refractivity contribution in [1.82, 2.24) is 15.2 Å². The summed E-state index contributed by atoms with van der Waals surface area (Å²) in [7, 11) is 0. The molecule has 0 spiro atoms. The van der Waals surface area contributed by atoms with E-state index in [1.54, 1.807) is 30.1 Å². The van der Waals surface area contributed by atoms with Gasteiger partial charge in [-0.25, -0.2) is 4.98 Å². The van der Waals surface area contributed by atoms with E-state index in [1.807, 2.05) is 13.2 Å². The monoisotopic (exact) mass is 312 g/mol. The second-order valence-corrected chi connectivity index (χ2v) is 6.60. The molecule has 2 heterocycles. The van der Waals surface area contributed by atoms with Crippen LogP contribution in [0, 0.1) is 0 Å². The van der Waals surface area contributed by atoms with Gasteiger partial charge in [-0.3, -0.25) is 10.1 Å². The molecule has 0 bridgehead atoms. The molecule has 5 nitrogen and oxygen atoms in total. The predicted molar refractivity (Wildman–Crippen MR) is 80.3 cm³/mol. The second-order valence-electron chi connectivity index (χ2n) is 3.32. The Labute approximate surface area is 123 Å². The third-order valence-electron chi connectivity index (χ3n) is 2.10. The highest BCUT2D eigenvalue weighted by Crippen LogP contribution is 2.26. The van der Waals surface area contributed by atoms with E-state index in [4.69, 9.17) is 0 Å². The van der Waals surface area contributed by atoms with Gasteiger partial charge in [0.1, 0.15) is 5.03 Å². The van der Waals surface area contributed by atoms with Crippen LogP contribution in [0.15, 0.2) is 27.7 Å². The third kappa shape index (κ3) is 3.68. The van der Waals surface area contributed by atoms with Gasteiger partial charge in [-0.1, -0.05) is 30.0 Å². The van der Waals surface area contributed by atoms with E-state index in [2.05, 4.69) is 20.5 Å². The standard InChI is InChI=1S/C11H12N4OS3/c1-3-18-11-15-14-10(19-11)13-8(16)7-5-4-6-12-9(7)17-2/h4-6H,3H2,1-2H3,(H,13,14,16). The maximum atomic E-state index is 12.1. The molecule has 0 aliphatic heterocycles.